The van der Waals surface area contributed by atoms with Crippen molar-refractivity contribution in [1.82, 2.24) is 5.32 Å². The molecule has 16 heavy (non-hydrogen) atoms. The lowest BCUT2D eigenvalue weighted by atomic mass is 10.1. The predicted molar refractivity (Wildman–Crippen MR) is 65.3 cm³/mol. The third-order valence-electron chi connectivity index (χ3n) is 2.36. The van der Waals surface area contributed by atoms with E-state index in [4.69, 9.17) is 4.74 Å². The molecule has 1 aromatic rings. The third kappa shape index (κ3) is 3.59. The minimum absolute atomic E-state index is 0. The second-order valence-electron chi connectivity index (χ2n) is 3.52. The lowest BCUT2D eigenvalue weighted by molar-refractivity contribution is 0.0903. The van der Waals surface area contributed by atoms with Crippen LogP contribution in [-0.2, 0) is 4.74 Å². The van der Waals surface area contributed by atoms with Gasteiger partial charge in [-0.2, -0.15) is 0 Å². The first-order valence-corrected chi connectivity index (χ1v) is 5.10. The molecule has 0 saturated carbocycles. The summed E-state index contributed by atoms with van der Waals surface area (Å²) in [5.74, 6) is -0.189. The highest BCUT2D eigenvalue weighted by molar-refractivity contribution is 5.85. The molecule has 2 rings (SSSR count). The maximum Gasteiger partial charge on any atom is 0.130 e. The number of hydrogen-bond acceptors (Lipinski definition) is 2. The number of hydrogen-bond donors (Lipinski definition) is 1. The van der Waals surface area contributed by atoms with Gasteiger partial charge in [0.05, 0.1) is 13.2 Å². The third-order valence-corrected chi connectivity index (χ3v) is 2.36. The van der Waals surface area contributed by atoms with Crippen molar-refractivity contribution in [2.24, 2.45) is 0 Å². The van der Waals surface area contributed by atoms with E-state index in [1.165, 1.54) is 6.07 Å². The zero-order chi connectivity index (χ0) is 10.5. The Morgan fingerprint density at radius 1 is 1.38 bits per heavy atom. The van der Waals surface area contributed by atoms with Crippen LogP contribution in [0.4, 0.5) is 4.39 Å². The molecule has 4 heteroatoms. The Morgan fingerprint density at radius 3 is 2.88 bits per heavy atom. The average molecular weight is 244 g/mol. The molecule has 2 nitrogen and oxygen atoms in total. The predicted octanol–water partition coefficient (Wildman–Crippen LogP) is 2.25. The zero-order valence-electron chi connectivity index (χ0n) is 8.86. The molecule has 88 valence electrons. The standard InChI is InChI=1S/C12H14FNO.ClH/c13-12-4-2-1-3-10(12)5-6-11-9-15-8-7-14-11;/h1-6,11,14H,7-9H2;1H. The largest absolute Gasteiger partial charge is 0.378 e. The van der Waals surface area contributed by atoms with Gasteiger partial charge in [-0.25, -0.2) is 4.39 Å². The summed E-state index contributed by atoms with van der Waals surface area (Å²) < 4.78 is 18.5. The summed E-state index contributed by atoms with van der Waals surface area (Å²) in [4.78, 5) is 0. The SMILES string of the molecule is Cl.Fc1ccccc1C=CC1COCCN1. The first kappa shape index (κ1) is 13.2. The topological polar surface area (TPSA) is 21.3 Å². The Balaban J connectivity index is 0.00000128. The molecule has 0 aliphatic carbocycles. The fraction of sp³-hybridized carbons (Fsp3) is 0.333. The van der Waals surface area contributed by atoms with Crippen LogP contribution in [0, 0.1) is 5.82 Å². The molecule has 0 bridgehead atoms. The van der Waals surface area contributed by atoms with Crippen molar-refractivity contribution in [1.29, 1.82) is 0 Å². The number of nitrogens with one attached hydrogen (secondary N) is 1. The van der Waals surface area contributed by atoms with Crippen LogP contribution in [0.2, 0.25) is 0 Å². The van der Waals surface area contributed by atoms with Crippen molar-refractivity contribution >= 4 is 18.5 Å². The molecule has 1 aliphatic rings. The smallest absolute Gasteiger partial charge is 0.130 e. The van der Waals surface area contributed by atoms with E-state index in [0.717, 1.165) is 13.2 Å². The van der Waals surface area contributed by atoms with Gasteiger partial charge in [-0.15, -0.1) is 12.4 Å². The lowest BCUT2D eigenvalue weighted by Gasteiger charge is -2.20. The first-order valence-electron chi connectivity index (χ1n) is 5.10. The molecule has 1 saturated heterocycles. The van der Waals surface area contributed by atoms with E-state index in [-0.39, 0.29) is 24.3 Å². The lowest BCUT2D eigenvalue weighted by Crippen LogP contribution is -2.39. The van der Waals surface area contributed by atoms with Gasteiger partial charge >= 0.3 is 0 Å². The number of halogens is 2. The zero-order valence-corrected chi connectivity index (χ0v) is 9.67. The summed E-state index contributed by atoms with van der Waals surface area (Å²) in [6.07, 6.45) is 3.74. The molecule has 0 amide bonds. The maximum absolute atomic E-state index is 13.2. The Hall–Kier alpha value is -0.900. The molecule has 1 N–H and O–H groups in total. The highest BCUT2D eigenvalue weighted by Gasteiger charge is 2.08. The van der Waals surface area contributed by atoms with Crippen LogP contribution in [0.25, 0.3) is 6.08 Å². The van der Waals surface area contributed by atoms with Crippen LogP contribution in [0.1, 0.15) is 5.56 Å². The number of benzene rings is 1. The summed E-state index contributed by atoms with van der Waals surface area (Å²) in [5, 5.41) is 3.27. The van der Waals surface area contributed by atoms with Gasteiger partial charge in [0.25, 0.3) is 0 Å². The van der Waals surface area contributed by atoms with E-state index in [1.807, 2.05) is 12.1 Å². The van der Waals surface area contributed by atoms with E-state index < -0.39 is 0 Å². The van der Waals surface area contributed by atoms with Gasteiger partial charge < -0.3 is 10.1 Å². The second kappa shape index (κ2) is 6.63. The van der Waals surface area contributed by atoms with E-state index in [0.29, 0.717) is 12.2 Å². The summed E-state index contributed by atoms with van der Waals surface area (Å²) in [6.45, 7) is 2.27. The van der Waals surface area contributed by atoms with Crippen molar-refractivity contribution in [3.05, 3.63) is 41.7 Å². The Morgan fingerprint density at radius 2 is 2.19 bits per heavy atom. The first-order chi connectivity index (χ1) is 7.36. The highest BCUT2D eigenvalue weighted by atomic mass is 35.5. The fourth-order valence-electron chi connectivity index (χ4n) is 1.54. The van der Waals surface area contributed by atoms with Crippen LogP contribution >= 0.6 is 12.4 Å². The van der Waals surface area contributed by atoms with Crippen LogP contribution < -0.4 is 5.32 Å². The van der Waals surface area contributed by atoms with E-state index in [2.05, 4.69) is 5.32 Å². The minimum atomic E-state index is -0.189. The monoisotopic (exact) mass is 243 g/mol. The molecular formula is C12H15ClFNO. The molecule has 1 heterocycles. The van der Waals surface area contributed by atoms with Crippen LogP contribution in [-0.4, -0.2) is 25.8 Å². The van der Waals surface area contributed by atoms with Gasteiger partial charge in [0.15, 0.2) is 0 Å². The summed E-state index contributed by atoms with van der Waals surface area (Å²) >= 11 is 0. The second-order valence-corrected chi connectivity index (χ2v) is 3.52. The normalized spacial score (nSPS) is 20.7. The van der Waals surface area contributed by atoms with Gasteiger partial charge in [0.1, 0.15) is 5.82 Å². The molecule has 1 fully saturated rings. The van der Waals surface area contributed by atoms with Gasteiger partial charge in [-0.3, -0.25) is 0 Å². The number of rotatable bonds is 2. The fourth-order valence-corrected chi connectivity index (χ4v) is 1.54. The molecule has 0 radical (unpaired) electrons. The van der Waals surface area contributed by atoms with E-state index in [9.17, 15) is 4.39 Å². The van der Waals surface area contributed by atoms with E-state index >= 15 is 0 Å². The molecule has 1 atom stereocenters. The summed E-state index contributed by atoms with van der Waals surface area (Å²) in [6, 6.07) is 6.93. The maximum atomic E-state index is 13.2. The molecule has 1 aromatic carbocycles. The van der Waals surface area contributed by atoms with Crippen LogP contribution in [0.3, 0.4) is 0 Å². The Bertz CT molecular complexity index is 351. The Kier molecular flexibility index (Phi) is 5.46. The number of ether oxygens (including phenoxy) is 1. The quantitative estimate of drug-likeness (QED) is 0.860. The van der Waals surface area contributed by atoms with Crippen molar-refractivity contribution in [2.75, 3.05) is 19.8 Å². The molecular weight excluding hydrogens is 229 g/mol. The van der Waals surface area contributed by atoms with Crippen molar-refractivity contribution in [3.8, 4) is 0 Å². The highest BCUT2D eigenvalue weighted by Crippen LogP contribution is 2.09. The van der Waals surface area contributed by atoms with Gasteiger partial charge in [0, 0.05) is 18.2 Å². The average Bonchev–Trinajstić information content (AvgIpc) is 2.29. The van der Waals surface area contributed by atoms with Crippen molar-refractivity contribution in [3.63, 3.8) is 0 Å². The van der Waals surface area contributed by atoms with Crippen LogP contribution in [0.15, 0.2) is 30.3 Å². The molecule has 0 aromatic heterocycles. The molecule has 1 unspecified atom stereocenters. The number of morpholine rings is 1. The van der Waals surface area contributed by atoms with Crippen LogP contribution in [0.5, 0.6) is 0 Å². The Labute approximate surface area is 101 Å². The van der Waals surface area contributed by atoms with Crippen molar-refractivity contribution in [2.45, 2.75) is 6.04 Å². The molecule has 1 aliphatic heterocycles. The van der Waals surface area contributed by atoms with Gasteiger partial charge in [-0.05, 0) is 6.07 Å². The van der Waals surface area contributed by atoms with Gasteiger partial charge in [0.2, 0.25) is 0 Å². The van der Waals surface area contributed by atoms with Gasteiger partial charge in [-0.1, -0.05) is 30.4 Å². The van der Waals surface area contributed by atoms with Crippen molar-refractivity contribution < 1.29 is 9.13 Å². The summed E-state index contributed by atoms with van der Waals surface area (Å²) in [7, 11) is 0. The van der Waals surface area contributed by atoms with E-state index in [1.54, 1.807) is 18.2 Å². The summed E-state index contributed by atoms with van der Waals surface area (Å²) in [5.41, 5.74) is 0.616. The minimum Gasteiger partial charge on any atom is -0.378 e. The molecule has 0 spiro atoms.